The Morgan fingerprint density at radius 1 is 1.27 bits per heavy atom. The number of likely N-dealkylation sites (tertiary alicyclic amines) is 1. The molecule has 0 atom stereocenters. The molecule has 164 valence electrons. The van der Waals surface area contributed by atoms with Gasteiger partial charge in [-0.1, -0.05) is 18.2 Å². The van der Waals surface area contributed by atoms with Gasteiger partial charge in [0.05, 0.1) is 6.54 Å². The molecule has 0 aliphatic carbocycles. The second-order valence-corrected chi connectivity index (χ2v) is 7.51. The fourth-order valence-corrected chi connectivity index (χ4v) is 3.66. The van der Waals surface area contributed by atoms with Crippen LogP contribution in [0.5, 0.6) is 0 Å². The first-order valence-corrected chi connectivity index (χ1v) is 10.1. The maximum Gasteiger partial charge on any atom is 0.401 e. The number of aliphatic imine (C=N–C) groups is 1. The van der Waals surface area contributed by atoms with Crippen LogP contribution in [0, 0.1) is 5.92 Å². The number of nitrogens with zero attached hydrogens (tertiary/aromatic N) is 4. The summed E-state index contributed by atoms with van der Waals surface area (Å²) in [5, 5.41) is 13.3. The van der Waals surface area contributed by atoms with Gasteiger partial charge in [-0.2, -0.15) is 18.3 Å². The maximum absolute atomic E-state index is 12.5. The molecule has 10 heteroatoms. The van der Waals surface area contributed by atoms with Crippen molar-refractivity contribution < 1.29 is 13.2 Å². The summed E-state index contributed by atoms with van der Waals surface area (Å²) in [4.78, 5) is 9.90. The highest BCUT2D eigenvalue weighted by molar-refractivity contribution is 5.79. The summed E-state index contributed by atoms with van der Waals surface area (Å²) in [5.41, 5.74) is 2.05. The first-order valence-electron chi connectivity index (χ1n) is 10.1. The van der Waals surface area contributed by atoms with Crippen LogP contribution >= 0.6 is 0 Å². The van der Waals surface area contributed by atoms with E-state index in [0.717, 1.165) is 42.8 Å². The molecular weight excluding hydrogens is 395 g/mol. The summed E-state index contributed by atoms with van der Waals surface area (Å²) in [7, 11) is 1.72. The quantitative estimate of drug-likeness (QED) is 0.471. The molecule has 1 aliphatic rings. The molecule has 0 unspecified atom stereocenters. The number of piperidine rings is 1. The lowest BCUT2D eigenvalue weighted by Crippen LogP contribution is -2.41. The predicted molar refractivity (Wildman–Crippen MR) is 110 cm³/mol. The number of guanidine groups is 1. The highest BCUT2D eigenvalue weighted by Crippen LogP contribution is 2.24. The zero-order valence-corrected chi connectivity index (χ0v) is 17.0. The molecule has 0 spiro atoms. The minimum atomic E-state index is -4.11. The molecule has 1 aromatic carbocycles. The third kappa shape index (κ3) is 7.01. The minimum absolute atomic E-state index is 0.443. The number of halogens is 3. The van der Waals surface area contributed by atoms with Crippen LogP contribution in [0.15, 0.2) is 35.6 Å². The maximum atomic E-state index is 12.5. The summed E-state index contributed by atoms with van der Waals surface area (Å²) in [6, 6.07) is 8.00. The second-order valence-electron chi connectivity index (χ2n) is 7.51. The van der Waals surface area contributed by atoms with Crippen LogP contribution in [0.1, 0.15) is 24.8 Å². The molecule has 3 rings (SSSR count). The van der Waals surface area contributed by atoms with Gasteiger partial charge in [-0.25, -0.2) is 4.98 Å². The van der Waals surface area contributed by atoms with Crippen LogP contribution in [0.2, 0.25) is 0 Å². The first kappa shape index (κ1) is 22.1. The van der Waals surface area contributed by atoms with Crippen molar-refractivity contribution in [2.45, 2.75) is 32.0 Å². The van der Waals surface area contributed by atoms with Crippen molar-refractivity contribution >= 4 is 5.96 Å². The summed E-state index contributed by atoms with van der Waals surface area (Å²) >= 11 is 0. The molecule has 0 amide bonds. The topological polar surface area (TPSA) is 81.2 Å². The first-order chi connectivity index (χ1) is 14.4. The van der Waals surface area contributed by atoms with E-state index in [1.807, 2.05) is 24.3 Å². The van der Waals surface area contributed by atoms with Crippen molar-refractivity contribution in [1.82, 2.24) is 30.7 Å². The van der Waals surface area contributed by atoms with Gasteiger partial charge in [0.25, 0.3) is 0 Å². The Labute approximate surface area is 174 Å². The molecule has 2 aromatic rings. The van der Waals surface area contributed by atoms with Crippen LogP contribution in [0.4, 0.5) is 13.2 Å². The summed E-state index contributed by atoms with van der Waals surface area (Å²) in [6.07, 6.45) is -0.106. The van der Waals surface area contributed by atoms with E-state index >= 15 is 0 Å². The molecule has 0 bridgehead atoms. The molecule has 2 heterocycles. The van der Waals surface area contributed by atoms with E-state index in [4.69, 9.17) is 0 Å². The van der Waals surface area contributed by atoms with Crippen molar-refractivity contribution in [2.75, 3.05) is 33.2 Å². The Kier molecular flexibility index (Phi) is 7.67. The number of alkyl halides is 3. The van der Waals surface area contributed by atoms with E-state index in [1.54, 1.807) is 7.05 Å². The Morgan fingerprint density at radius 3 is 2.73 bits per heavy atom. The van der Waals surface area contributed by atoms with Gasteiger partial charge in [0, 0.05) is 25.7 Å². The molecule has 1 fully saturated rings. The van der Waals surface area contributed by atoms with Gasteiger partial charge in [-0.15, -0.1) is 0 Å². The molecule has 1 aromatic heterocycles. The molecular formula is C20H28F3N7. The van der Waals surface area contributed by atoms with Crippen molar-refractivity contribution in [1.29, 1.82) is 0 Å². The average molecular weight is 423 g/mol. The SMILES string of the molecule is CN=C(NCCC1CCN(CC(F)(F)F)CC1)NCc1cccc(-c2ncn[nH]2)c1. The van der Waals surface area contributed by atoms with Crippen molar-refractivity contribution in [3.63, 3.8) is 0 Å². The number of H-pyrrole nitrogens is 1. The third-order valence-electron chi connectivity index (χ3n) is 5.25. The molecule has 30 heavy (non-hydrogen) atoms. The lowest BCUT2D eigenvalue weighted by atomic mass is 9.93. The minimum Gasteiger partial charge on any atom is -0.356 e. The van der Waals surface area contributed by atoms with Gasteiger partial charge in [-0.05, 0) is 49.9 Å². The van der Waals surface area contributed by atoms with Gasteiger partial charge in [0.1, 0.15) is 6.33 Å². The number of aromatic nitrogens is 3. The van der Waals surface area contributed by atoms with Crippen LogP contribution in [0.3, 0.4) is 0 Å². The molecule has 3 N–H and O–H groups in total. The normalized spacial score (nSPS) is 16.6. The Morgan fingerprint density at radius 2 is 2.07 bits per heavy atom. The fourth-order valence-electron chi connectivity index (χ4n) is 3.66. The number of hydrogen-bond acceptors (Lipinski definition) is 4. The zero-order chi connectivity index (χ0) is 21.4. The second kappa shape index (κ2) is 10.4. The summed E-state index contributed by atoms with van der Waals surface area (Å²) in [6.45, 7) is 1.57. The van der Waals surface area contributed by atoms with E-state index in [9.17, 15) is 13.2 Å². The van der Waals surface area contributed by atoms with Gasteiger partial charge < -0.3 is 10.6 Å². The molecule has 1 saturated heterocycles. The van der Waals surface area contributed by atoms with Gasteiger partial charge in [0.2, 0.25) is 0 Å². The van der Waals surface area contributed by atoms with Gasteiger partial charge >= 0.3 is 6.18 Å². The number of aromatic amines is 1. The van der Waals surface area contributed by atoms with Crippen LogP contribution < -0.4 is 10.6 Å². The molecule has 1 aliphatic heterocycles. The fraction of sp³-hybridized carbons (Fsp3) is 0.550. The van der Waals surface area contributed by atoms with Gasteiger partial charge in [0.15, 0.2) is 11.8 Å². The van der Waals surface area contributed by atoms with Crippen LogP contribution in [-0.2, 0) is 6.54 Å². The number of rotatable bonds is 7. The van der Waals surface area contributed by atoms with Crippen LogP contribution in [0.25, 0.3) is 11.4 Å². The van der Waals surface area contributed by atoms with E-state index in [-0.39, 0.29) is 0 Å². The standard InChI is InChI=1S/C20H28F3N7/c1-24-19(25-8-5-15-6-9-30(10-7-15)13-20(21,22)23)26-12-16-3-2-4-17(11-16)18-27-14-28-29-18/h2-4,11,14-15H,5-10,12-13H2,1H3,(H2,24,25,26)(H,27,28,29). The van der Waals surface area contributed by atoms with Gasteiger partial charge in [-0.3, -0.25) is 15.0 Å². The Balaban J connectivity index is 1.37. The highest BCUT2D eigenvalue weighted by Gasteiger charge is 2.32. The number of hydrogen-bond donors (Lipinski definition) is 3. The highest BCUT2D eigenvalue weighted by atomic mass is 19.4. The van der Waals surface area contributed by atoms with E-state index < -0.39 is 12.7 Å². The average Bonchev–Trinajstić information content (AvgIpc) is 3.26. The zero-order valence-electron chi connectivity index (χ0n) is 17.0. The lowest BCUT2D eigenvalue weighted by molar-refractivity contribution is -0.148. The summed E-state index contributed by atoms with van der Waals surface area (Å²) in [5.74, 6) is 1.87. The largest absolute Gasteiger partial charge is 0.401 e. The Hall–Kier alpha value is -2.62. The molecule has 0 saturated carbocycles. The molecule has 0 radical (unpaired) electrons. The lowest BCUT2D eigenvalue weighted by Gasteiger charge is -2.32. The van der Waals surface area contributed by atoms with Crippen LogP contribution in [-0.4, -0.2) is 65.4 Å². The monoisotopic (exact) mass is 423 g/mol. The van der Waals surface area contributed by atoms with Crippen molar-refractivity contribution in [3.8, 4) is 11.4 Å². The third-order valence-corrected chi connectivity index (χ3v) is 5.25. The van der Waals surface area contributed by atoms with E-state index in [2.05, 4.69) is 30.8 Å². The number of nitrogens with one attached hydrogen (secondary N) is 3. The predicted octanol–water partition coefficient (Wildman–Crippen LogP) is 2.80. The van der Waals surface area contributed by atoms with E-state index in [1.165, 1.54) is 11.2 Å². The number of benzene rings is 1. The Bertz CT molecular complexity index is 797. The van der Waals surface area contributed by atoms with Crippen molar-refractivity contribution in [3.05, 3.63) is 36.2 Å². The molecule has 7 nitrogen and oxygen atoms in total. The summed E-state index contributed by atoms with van der Waals surface area (Å²) < 4.78 is 37.4. The van der Waals surface area contributed by atoms with Crippen molar-refractivity contribution in [2.24, 2.45) is 10.9 Å². The van der Waals surface area contributed by atoms with E-state index in [0.29, 0.717) is 31.5 Å². The smallest absolute Gasteiger partial charge is 0.356 e.